The minimum Gasteiger partial charge on any atom is -0.374 e. The monoisotopic (exact) mass is 500 g/mol. The van der Waals surface area contributed by atoms with Crippen molar-refractivity contribution < 1.29 is 9.18 Å². The molecule has 0 unspecified atom stereocenters. The zero-order valence-electron chi connectivity index (χ0n) is 21.6. The number of halogens is 1. The van der Waals surface area contributed by atoms with Crippen molar-refractivity contribution in [2.45, 2.75) is 20.4 Å². The van der Waals surface area contributed by atoms with Crippen LogP contribution in [0, 0.1) is 19.7 Å². The molecule has 0 spiro atoms. The summed E-state index contributed by atoms with van der Waals surface area (Å²) in [5.41, 5.74) is 6.84. The molecule has 192 valence electrons. The van der Waals surface area contributed by atoms with Gasteiger partial charge in [0.15, 0.2) is 0 Å². The number of hydrogen-bond acceptors (Lipinski definition) is 5. The molecule has 1 fully saturated rings. The lowest BCUT2D eigenvalue weighted by Gasteiger charge is -2.32. The number of carbonyl (C=O) groups is 1. The molecule has 1 aliphatic heterocycles. The number of anilines is 2. The van der Waals surface area contributed by atoms with Gasteiger partial charge < -0.3 is 20.5 Å². The van der Waals surface area contributed by atoms with Crippen molar-refractivity contribution in [3.8, 4) is 11.1 Å². The van der Waals surface area contributed by atoms with Gasteiger partial charge in [0.2, 0.25) is 5.91 Å². The summed E-state index contributed by atoms with van der Waals surface area (Å²) in [6, 6.07) is 15.0. The van der Waals surface area contributed by atoms with E-state index >= 15 is 0 Å². The number of nitrogens with zero attached hydrogens (tertiary/aromatic N) is 3. The quantitative estimate of drug-likeness (QED) is 0.340. The molecule has 5 rings (SSSR count). The van der Waals surface area contributed by atoms with Crippen LogP contribution in [0.1, 0.15) is 16.8 Å². The first kappa shape index (κ1) is 24.9. The van der Waals surface area contributed by atoms with Gasteiger partial charge in [0, 0.05) is 61.3 Å². The van der Waals surface area contributed by atoms with E-state index in [1.165, 1.54) is 11.6 Å². The number of H-pyrrole nitrogens is 1. The number of hydrogen-bond donors (Lipinski definition) is 3. The van der Waals surface area contributed by atoms with Crippen molar-refractivity contribution in [3.05, 3.63) is 77.4 Å². The summed E-state index contributed by atoms with van der Waals surface area (Å²) in [5.74, 6) is -0.646. The first-order chi connectivity index (χ1) is 17.8. The Labute approximate surface area is 216 Å². The predicted molar refractivity (Wildman–Crippen MR) is 147 cm³/mol. The van der Waals surface area contributed by atoms with Gasteiger partial charge in [-0.05, 0) is 74.0 Å². The van der Waals surface area contributed by atoms with Crippen LogP contribution in [-0.4, -0.2) is 65.4 Å². The molecule has 4 aromatic rings. The number of benzene rings is 2. The van der Waals surface area contributed by atoms with Gasteiger partial charge >= 0.3 is 0 Å². The third-order valence-electron chi connectivity index (χ3n) is 6.96. The molecule has 0 bridgehead atoms. The number of likely N-dealkylation sites (N-methyl/N-ethyl adjacent to an activating group) is 1. The van der Waals surface area contributed by atoms with Gasteiger partial charge in [-0.3, -0.25) is 9.69 Å². The van der Waals surface area contributed by atoms with E-state index in [4.69, 9.17) is 0 Å². The molecule has 0 saturated carbocycles. The Morgan fingerprint density at radius 2 is 1.84 bits per heavy atom. The van der Waals surface area contributed by atoms with E-state index in [1.54, 1.807) is 12.3 Å². The number of nitrogens with one attached hydrogen (secondary N) is 3. The van der Waals surface area contributed by atoms with Gasteiger partial charge in [0.1, 0.15) is 11.5 Å². The Balaban J connectivity index is 1.16. The largest absolute Gasteiger partial charge is 0.374 e. The van der Waals surface area contributed by atoms with Gasteiger partial charge in [-0.15, -0.1) is 0 Å². The van der Waals surface area contributed by atoms with Crippen LogP contribution in [0.3, 0.4) is 0 Å². The Bertz CT molecular complexity index is 1420. The van der Waals surface area contributed by atoms with Crippen molar-refractivity contribution in [2.24, 2.45) is 0 Å². The highest BCUT2D eigenvalue weighted by Gasteiger charge is 2.15. The Hall–Kier alpha value is -3.75. The number of carbonyl (C=O) groups excluding carboxylic acids is 1. The first-order valence-corrected chi connectivity index (χ1v) is 12.6. The van der Waals surface area contributed by atoms with Crippen molar-refractivity contribution in [1.29, 1.82) is 0 Å². The molecular weight excluding hydrogens is 467 g/mol. The van der Waals surface area contributed by atoms with Crippen LogP contribution < -0.4 is 10.6 Å². The van der Waals surface area contributed by atoms with Gasteiger partial charge in [-0.2, -0.15) is 0 Å². The summed E-state index contributed by atoms with van der Waals surface area (Å²) in [5, 5.41) is 6.80. The number of rotatable bonds is 7. The molecule has 1 saturated heterocycles. The number of amides is 1. The van der Waals surface area contributed by atoms with Gasteiger partial charge in [-0.25, -0.2) is 9.37 Å². The molecule has 2 aromatic heterocycles. The van der Waals surface area contributed by atoms with Crippen LogP contribution >= 0.6 is 0 Å². The van der Waals surface area contributed by atoms with Gasteiger partial charge in [0.05, 0.1) is 12.2 Å². The normalized spacial score (nSPS) is 14.7. The summed E-state index contributed by atoms with van der Waals surface area (Å²) in [6.07, 6.45) is 1.73. The Morgan fingerprint density at radius 3 is 2.59 bits per heavy atom. The second-order valence-corrected chi connectivity index (χ2v) is 9.93. The minimum absolute atomic E-state index is 0.0332. The van der Waals surface area contributed by atoms with Gasteiger partial charge in [-0.1, -0.05) is 12.1 Å². The average molecular weight is 501 g/mol. The summed E-state index contributed by atoms with van der Waals surface area (Å²) >= 11 is 0. The van der Waals surface area contributed by atoms with E-state index < -0.39 is 5.82 Å². The van der Waals surface area contributed by atoms with Crippen LogP contribution in [0.4, 0.5) is 15.8 Å². The summed E-state index contributed by atoms with van der Waals surface area (Å²) in [6.45, 7) is 9.23. The predicted octanol–water partition coefficient (Wildman–Crippen LogP) is 4.78. The SMILES string of the molecule is Cc1cc2cc(-c3ccc(NCC(=O)Nc4ccc(CN5CCN(C)CC5)c(C)c4)c(F)c3)cnc2[nH]1. The zero-order chi connectivity index (χ0) is 25.9. The van der Waals surface area contributed by atoms with Crippen molar-refractivity contribution in [1.82, 2.24) is 19.8 Å². The molecule has 2 aromatic carbocycles. The van der Waals surface area contributed by atoms with E-state index in [1.807, 2.05) is 37.3 Å². The number of piperazine rings is 1. The maximum Gasteiger partial charge on any atom is 0.243 e. The number of aromatic amines is 1. The van der Waals surface area contributed by atoms with Crippen molar-refractivity contribution in [3.63, 3.8) is 0 Å². The summed E-state index contributed by atoms with van der Waals surface area (Å²) < 4.78 is 14.8. The van der Waals surface area contributed by atoms with E-state index in [0.29, 0.717) is 0 Å². The average Bonchev–Trinajstić information content (AvgIpc) is 3.25. The third-order valence-corrected chi connectivity index (χ3v) is 6.96. The molecule has 1 amide bonds. The lowest BCUT2D eigenvalue weighted by atomic mass is 10.1. The lowest BCUT2D eigenvalue weighted by Crippen LogP contribution is -2.43. The molecule has 0 radical (unpaired) electrons. The zero-order valence-corrected chi connectivity index (χ0v) is 21.6. The molecule has 8 heteroatoms. The fourth-order valence-electron chi connectivity index (χ4n) is 4.73. The van der Waals surface area contributed by atoms with Crippen molar-refractivity contribution in [2.75, 3.05) is 50.4 Å². The number of pyridine rings is 1. The molecule has 3 heterocycles. The molecule has 0 atom stereocenters. The second kappa shape index (κ2) is 10.7. The lowest BCUT2D eigenvalue weighted by molar-refractivity contribution is -0.114. The smallest absolute Gasteiger partial charge is 0.243 e. The maximum atomic E-state index is 14.8. The second-order valence-electron chi connectivity index (χ2n) is 9.93. The van der Waals surface area contributed by atoms with E-state index in [2.05, 4.69) is 50.4 Å². The molecular formula is C29H33FN6O. The molecule has 3 N–H and O–H groups in total. The number of fused-ring (bicyclic) bond motifs is 1. The molecule has 1 aliphatic rings. The van der Waals surface area contributed by atoms with Crippen molar-refractivity contribution >= 4 is 28.3 Å². The van der Waals surface area contributed by atoms with Crippen LogP contribution in [-0.2, 0) is 11.3 Å². The van der Waals surface area contributed by atoms with E-state index in [0.717, 1.165) is 71.8 Å². The highest BCUT2D eigenvalue weighted by molar-refractivity contribution is 5.94. The summed E-state index contributed by atoms with van der Waals surface area (Å²) in [4.78, 5) is 25.0. The van der Waals surface area contributed by atoms with Crippen LogP contribution in [0.25, 0.3) is 22.2 Å². The standard InChI is InChI=1S/C29H33FN6O/c1-19-12-25(6-4-22(19)18-36-10-8-35(3)9-11-36)34-28(37)17-31-27-7-5-21(15-26(27)30)24-14-23-13-20(2)33-29(23)32-16-24/h4-7,12-16,31H,8-11,17-18H2,1-3H3,(H,32,33)(H,34,37). The number of aryl methyl sites for hydroxylation is 2. The highest BCUT2D eigenvalue weighted by atomic mass is 19.1. The van der Waals surface area contributed by atoms with Gasteiger partial charge in [0.25, 0.3) is 0 Å². The van der Waals surface area contributed by atoms with Crippen LogP contribution in [0.15, 0.2) is 54.7 Å². The Morgan fingerprint density at radius 1 is 1.03 bits per heavy atom. The number of aromatic nitrogens is 2. The van der Waals surface area contributed by atoms with E-state index in [-0.39, 0.29) is 18.1 Å². The fraction of sp³-hybridized carbons (Fsp3) is 0.310. The van der Waals surface area contributed by atoms with Crippen LogP contribution in [0.2, 0.25) is 0 Å². The molecule has 7 nitrogen and oxygen atoms in total. The molecule has 0 aliphatic carbocycles. The minimum atomic E-state index is -0.417. The first-order valence-electron chi connectivity index (χ1n) is 12.6. The van der Waals surface area contributed by atoms with E-state index in [9.17, 15) is 9.18 Å². The third kappa shape index (κ3) is 5.98. The summed E-state index contributed by atoms with van der Waals surface area (Å²) in [7, 11) is 2.15. The topological polar surface area (TPSA) is 76.3 Å². The fourth-order valence-corrected chi connectivity index (χ4v) is 4.73. The Kier molecular flexibility index (Phi) is 7.21. The van der Waals surface area contributed by atoms with Crippen LogP contribution in [0.5, 0.6) is 0 Å². The highest BCUT2D eigenvalue weighted by Crippen LogP contribution is 2.26. The molecule has 37 heavy (non-hydrogen) atoms. The maximum absolute atomic E-state index is 14.8.